The van der Waals surface area contributed by atoms with Crippen molar-refractivity contribution in [2.75, 3.05) is 5.32 Å². The summed E-state index contributed by atoms with van der Waals surface area (Å²) < 4.78 is 0. The van der Waals surface area contributed by atoms with Gasteiger partial charge in [0.2, 0.25) is 6.41 Å². The predicted octanol–water partition coefficient (Wildman–Crippen LogP) is 1.92. The van der Waals surface area contributed by atoms with Crippen molar-refractivity contribution in [3.8, 4) is 11.1 Å². The summed E-state index contributed by atoms with van der Waals surface area (Å²) in [5.74, 6) is -1.03. The van der Waals surface area contributed by atoms with Gasteiger partial charge >= 0.3 is 5.97 Å². The van der Waals surface area contributed by atoms with Crippen molar-refractivity contribution in [3.05, 3.63) is 53.6 Å². The number of carboxylic acid groups (broad SMARTS) is 1. The average molecular weight is 340 g/mol. The van der Waals surface area contributed by atoms with E-state index in [4.69, 9.17) is 16.2 Å². The number of hydrogen-bond donors (Lipinski definition) is 5. The van der Waals surface area contributed by atoms with Gasteiger partial charge in [-0.05, 0) is 40.8 Å². The molecule has 2 aromatic carbocycles. The molecule has 2 rings (SSSR count). The van der Waals surface area contributed by atoms with E-state index >= 15 is 0 Å². The van der Waals surface area contributed by atoms with Crippen LogP contribution in [-0.4, -0.2) is 23.4 Å². The van der Waals surface area contributed by atoms with Gasteiger partial charge in [0, 0.05) is 18.7 Å². The number of hydrogen-bond acceptors (Lipinski definition) is 3. The molecule has 0 fully saturated rings. The van der Waals surface area contributed by atoms with E-state index in [1.807, 2.05) is 36.4 Å². The molecule has 1 amide bonds. The van der Waals surface area contributed by atoms with Crippen LogP contribution in [0.3, 0.4) is 0 Å². The Labute approximate surface area is 145 Å². The van der Waals surface area contributed by atoms with E-state index in [1.165, 1.54) is 0 Å². The second-order valence-corrected chi connectivity index (χ2v) is 5.46. The lowest BCUT2D eigenvalue weighted by molar-refractivity contribution is -0.137. The fraction of sp³-hybridized carbons (Fsp3) is 0.167. The van der Waals surface area contributed by atoms with Gasteiger partial charge in [0.25, 0.3) is 0 Å². The lowest BCUT2D eigenvalue weighted by Crippen LogP contribution is -2.20. The summed E-state index contributed by atoms with van der Waals surface area (Å²) in [7, 11) is 0. The summed E-state index contributed by atoms with van der Waals surface area (Å²) in [6.07, 6.45) is 1.01. The third-order valence-corrected chi connectivity index (χ3v) is 3.70. The standard InChI is InChI=1S/C18H20N4O3/c19-18(20)22-14-5-1-4-13(9-14)15-6-2-3-12(7-8-17(24)25)16(15)10-21-11-23/h1-6,9,11H,7-8,10H2,(H,21,23)(H,24,25)(H4,19,20,22). The van der Waals surface area contributed by atoms with Crippen molar-refractivity contribution < 1.29 is 14.7 Å². The molecule has 0 bridgehead atoms. The number of guanidine groups is 1. The van der Waals surface area contributed by atoms with Crippen molar-refractivity contribution >= 4 is 24.0 Å². The molecule has 0 radical (unpaired) electrons. The Morgan fingerprint density at radius 1 is 1.24 bits per heavy atom. The lowest BCUT2D eigenvalue weighted by atomic mass is 9.93. The van der Waals surface area contributed by atoms with E-state index in [-0.39, 0.29) is 12.4 Å². The molecule has 0 atom stereocenters. The summed E-state index contributed by atoms with van der Waals surface area (Å²) in [4.78, 5) is 21.6. The van der Waals surface area contributed by atoms with Crippen LogP contribution in [0.1, 0.15) is 17.5 Å². The second kappa shape index (κ2) is 8.49. The van der Waals surface area contributed by atoms with Gasteiger partial charge in [-0.15, -0.1) is 0 Å². The molecule has 0 aliphatic carbocycles. The average Bonchev–Trinajstić information content (AvgIpc) is 2.57. The van der Waals surface area contributed by atoms with Crippen LogP contribution in [0.15, 0.2) is 42.5 Å². The zero-order valence-corrected chi connectivity index (χ0v) is 13.6. The first-order valence-corrected chi connectivity index (χ1v) is 7.72. The summed E-state index contributed by atoms with van der Waals surface area (Å²) in [5, 5.41) is 21.7. The summed E-state index contributed by atoms with van der Waals surface area (Å²) >= 11 is 0. The number of benzene rings is 2. The molecule has 0 aromatic heterocycles. The second-order valence-electron chi connectivity index (χ2n) is 5.46. The highest BCUT2D eigenvalue weighted by atomic mass is 16.4. The van der Waals surface area contributed by atoms with Crippen LogP contribution >= 0.6 is 0 Å². The summed E-state index contributed by atoms with van der Waals surface area (Å²) in [6, 6.07) is 13.0. The van der Waals surface area contributed by atoms with Gasteiger partial charge in [0.15, 0.2) is 5.96 Å². The molecule has 0 heterocycles. The van der Waals surface area contributed by atoms with Crippen LogP contribution in [0.5, 0.6) is 0 Å². The van der Waals surface area contributed by atoms with Crippen molar-refractivity contribution in [3.63, 3.8) is 0 Å². The predicted molar refractivity (Wildman–Crippen MR) is 96.3 cm³/mol. The SMILES string of the molecule is N=C(N)Nc1cccc(-c2cccc(CCC(=O)O)c2CNC=O)c1. The Hall–Kier alpha value is -3.35. The molecule has 0 aliphatic rings. The quantitative estimate of drug-likeness (QED) is 0.285. The van der Waals surface area contributed by atoms with Crippen molar-refractivity contribution in [2.45, 2.75) is 19.4 Å². The maximum Gasteiger partial charge on any atom is 0.303 e. The van der Waals surface area contributed by atoms with Crippen LogP contribution < -0.4 is 16.4 Å². The molecule has 0 spiro atoms. The van der Waals surface area contributed by atoms with Crippen LogP contribution in [0, 0.1) is 5.41 Å². The number of carbonyl (C=O) groups excluding carboxylic acids is 1. The number of carboxylic acids is 1. The Morgan fingerprint density at radius 3 is 2.68 bits per heavy atom. The van der Waals surface area contributed by atoms with Gasteiger partial charge < -0.3 is 21.5 Å². The van der Waals surface area contributed by atoms with Gasteiger partial charge in [-0.25, -0.2) is 0 Å². The number of nitrogens with two attached hydrogens (primary N) is 1. The summed E-state index contributed by atoms with van der Waals surface area (Å²) in [5.41, 5.74) is 9.56. The van der Waals surface area contributed by atoms with Crippen LogP contribution in [0.4, 0.5) is 5.69 Å². The third kappa shape index (κ3) is 5.07. The molecule has 25 heavy (non-hydrogen) atoms. The first-order valence-electron chi connectivity index (χ1n) is 7.72. The fourth-order valence-electron chi connectivity index (χ4n) is 2.65. The number of nitrogens with one attached hydrogen (secondary N) is 3. The van der Waals surface area contributed by atoms with E-state index in [1.54, 1.807) is 6.07 Å². The fourth-order valence-corrected chi connectivity index (χ4v) is 2.65. The number of rotatable bonds is 8. The highest BCUT2D eigenvalue weighted by molar-refractivity contribution is 5.90. The van der Waals surface area contributed by atoms with E-state index < -0.39 is 5.97 Å². The van der Waals surface area contributed by atoms with Gasteiger partial charge in [-0.2, -0.15) is 0 Å². The third-order valence-electron chi connectivity index (χ3n) is 3.70. The van der Waals surface area contributed by atoms with Crippen molar-refractivity contribution in [1.82, 2.24) is 5.32 Å². The van der Waals surface area contributed by atoms with Crippen LogP contribution in [0.2, 0.25) is 0 Å². The van der Waals surface area contributed by atoms with Crippen molar-refractivity contribution in [2.24, 2.45) is 5.73 Å². The molecular weight excluding hydrogens is 320 g/mol. The van der Waals surface area contributed by atoms with E-state index in [9.17, 15) is 9.59 Å². The Kier molecular flexibility index (Phi) is 6.11. The molecule has 7 nitrogen and oxygen atoms in total. The molecule has 0 unspecified atom stereocenters. The minimum atomic E-state index is -0.868. The maximum absolute atomic E-state index is 10.9. The number of anilines is 1. The lowest BCUT2D eigenvalue weighted by Gasteiger charge is -2.15. The topological polar surface area (TPSA) is 128 Å². The maximum atomic E-state index is 10.9. The molecule has 7 heteroatoms. The molecular formula is C18H20N4O3. The van der Waals surface area contributed by atoms with E-state index in [0.717, 1.165) is 22.3 Å². The largest absolute Gasteiger partial charge is 0.481 e. The number of amides is 1. The molecule has 0 aliphatic heterocycles. The van der Waals surface area contributed by atoms with Crippen LogP contribution in [0.25, 0.3) is 11.1 Å². The number of carbonyl (C=O) groups is 2. The summed E-state index contributed by atoms with van der Waals surface area (Å²) in [6.45, 7) is 0.305. The van der Waals surface area contributed by atoms with Crippen LogP contribution in [-0.2, 0) is 22.6 Å². The minimum Gasteiger partial charge on any atom is -0.481 e. The van der Waals surface area contributed by atoms with Gasteiger partial charge in [-0.3, -0.25) is 15.0 Å². The minimum absolute atomic E-state index is 0.0173. The highest BCUT2D eigenvalue weighted by Gasteiger charge is 2.12. The van der Waals surface area contributed by atoms with Crippen molar-refractivity contribution in [1.29, 1.82) is 5.41 Å². The first kappa shape index (κ1) is 18.0. The first-order chi connectivity index (χ1) is 12.0. The van der Waals surface area contributed by atoms with Gasteiger partial charge in [0.1, 0.15) is 0 Å². The normalized spacial score (nSPS) is 10.1. The Balaban J connectivity index is 2.44. The monoisotopic (exact) mass is 340 g/mol. The van der Waals surface area contributed by atoms with Gasteiger partial charge in [-0.1, -0.05) is 30.3 Å². The Morgan fingerprint density at radius 2 is 2.00 bits per heavy atom. The smallest absolute Gasteiger partial charge is 0.303 e. The molecule has 130 valence electrons. The Bertz CT molecular complexity index is 790. The molecule has 0 saturated carbocycles. The molecule has 2 aromatic rings. The van der Waals surface area contributed by atoms with E-state index in [0.29, 0.717) is 25.1 Å². The van der Waals surface area contributed by atoms with E-state index in [2.05, 4.69) is 10.6 Å². The molecule has 6 N–H and O–H groups in total. The highest BCUT2D eigenvalue weighted by Crippen LogP contribution is 2.29. The molecule has 0 saturated heterocycles. The number of aryl methyl sites for hydroxylation is 1. The number of aliphatic carboxylic acids is 1. The zero-order valence-electron chi connectivity index (χ0n) is 13.6. The zero-order chi connectivity index (χ0) is 18.2. The van der Waals surface area contributed by atoms with Gasteiger partial charge in [0.05, 0.1) is 0 Å².